The van der Waals surface area contributed by atoms with Crippen molar-refractivity contribution in [1.29, 1.82) is 0 Å². The fourth-order valence-electron chi connectivity index (χ4n) is 4.04. The highest BCUT2D eigenvalue weighted by molar-refractivity contribution is 6.55. The molecule has 3 aromatic carbocycles. The van der Waals surface area contributed by atoms with E-state index in [0.29, 0.717) is 0 Å². The molecule has 1 saturated carbocycles. The maximum atomic E-state index is 12.6. The van der Waals surface area contributed by atoms with E-state index < -0.39 is 0 Å². The van der Waals surface area contributed by atoms with Gasteiger partial charge in [-0.3, -0.25) is 4.79 Å². The summed E-state index contributed by atoms with van der Waals surface area (Å²) in [5.41, 5.74) is 3.51. The van der Waals surface area contributed by atoms with Gasteiger partial charge in [0.2, 0.25) is 5.91 Å². The molecule has 1 aliphatic carbocycles. The van der Waals surface area contributed by atoms with Crippen molar-refractivity contribution in [2.24, 2.45) is 22.4 Å². The van der Waals surface area contributed by atoms with Gasteiger partial charge in [0.15, 0.2) is 0 Å². The lowest BCUT2D eigenvalue weighted by molar-refractivity contribution is -0.123. The number of hydrogen-bond donors (Lipinski definition) is 1. The summed E-state index contributed by atoms with van der Waals surface area (Å²) in [6.45, 7) is 4.05. The first-order valence-electron chi connectivity index (χ1n) is 9.16. The molecule has 0 bridgehead atoms. The summed E-state index contributed by atoms with van der Waals surface area (Å²) in [5.74, 6) is -0.297. The molecular formula is C23H20Cl2N2O. The van der Waals surface area contributed by atoms with Gasteiger partial charge in [-0.25, -0.2) is 5.43 Å². The molecule has 0 spiro atoms. The Hall–Kier alpha value is -2.36. The van der Waals surface area contributed by atoms with Crippen LogP contribution < -0.4 is 5.43 Å². The Morgan fingerprint density at radius 1 is 1.04 bits per heavy atom. The molecule has 3 aromatic rings. The Balaban J connectivity index is 1.62. The van der Waals surface area contributed by atoms with Gasteiger partial charge in [-0.2, -0.15) is 5.10 Å². The number of hydrogen-bond acceptors (Lipinski definition) is 2. The summed E-state index contributed by atoms with van der Waals surface area (Å²) in [6.07, 6.45) is 3.46. The molecule has 0 saturated heterocycles. The second kappa shape index (κ2) is 7.23. The summed E-state index contributed by atoms with van der Waals surface area (Å²) in [4.78, 5) is 12.6. The molecule has 1 fully saturated rings. The predicted molar refractivity (Wildman–Crippen MR) is 118 cm³/mol. The number of allylic oxidation sites excluding steroid dienone is 1. The Labute approximate surface area is 174 Å². The molecule has 28 heavy (non-hydrogen) atoms. The van der Waals surface area contributed by atoms with Crippen molar-refractivity contribution in [2.75, 3.05) is 0 Å². The molecule has 0 aliphatic heterocycles. The number of nitrogens with zero attached hydrogens (tertiary/aromatic N) is 1. The van der Waals surface area contributed by atoms with Gasteiger partial charge in [0.1, 0.15) is 4.49 Å². The van der Waals surface area contributed by atoms with Crippen molar-refractivity contribution in [3.63, 3.8) is 0 Å². The molecule has 142 valence electrons. The highest BCUT2D eigenvalue weighted by Gasteiger charge is 2.60. The number of amides is 1. The van der Waals surface area contributed by atoms with Gasteiger partial charge in [0.25, 0.3) is 0 Å². The van der Waals surface area contributed by atoms with Crippen molar-refractivity contribution in [2.45, 2.75) is 13.8 Å². The van der Waals surface area contributed by atoms with Crippen LogP contribution in [0.4, 0.5) is 0 Å². The first kappa shape index (κ1) is 19.0. The minimum atomic E-state index is -0.193. The van der Waals surface area contributed by atoms with Crippen LogP contribution in [0.3, 0.4) is 0 Å². The van der Waals surface area contributed by atoms with Crippen LogP contribution in [0, 0.1) is 17.3 Å². The number of fused-ring (bicyclic) bond motifs is 2. The first-order chi connectivity index (χ1) is 13.4. The highest BCUT2D eigenvalue weighted by Crippen LogP contribution is 2.59. The molecule has 0 radical (unpaired) electrons. The number of carbonyl (C=O) groups is 1. The van der Waals surface area contributed by atoms with Crippen molar-refractivity contribution < 1.29 is 4.79 Å². The van der Waals surface area contributed by atoms with E-state index in [1.807, 2.05) is 38.1 Å². The van der Waals surface area contributed by atoms with Crippen LogP contribution in [-0.4, -0.2) is 12.1 Å². The van der Waals surface area contributed by atoms with Crippen molar-refractivity contribution >= 4 is 56.9 Å². The zero-order valence-electron chi connectivity index (χ0n) is 15.6. The molecule has 4 rings (SSSR count). The third-order valence-corrected chi connectivity index (χ3v) is 5.93. The van der Waals surface area contributed by atoms with Gasteiger partial charge in [-0.05, 0) is 45.0 Å². The van der Waals surface area contributed by atoms with Gasteiger partial charge in [0.05, 0.1) is 12.1 Å². The van der Waals surface area contributed by atoms with Gasteiger partial charge in [-0.1, -0.05) is 85.6 Å². The normalized spacial score (nSPS) is 20.4. The molecule has 5 heteroatoms. The second-order valence-electron chi connectivity index (χ2n) is 7.75. The van der Waals surface area contributed by atoms with Crippen LogP contribution in [-0.2, 0) is 4.79 Å². The Kier molecular flexibility index (Phi) is 4.90. The van der Waals surface area contributed by atoms with Crippen LogP contribution in [0.1, 0.15) is 19.4 Å². The summed E-state index contributed by atoms with van der Waals surface area (Å²) >= 11 is 11.5. The van der Waals surface area contributed by atoms with E-state index >= 15 is 0 Å². The average molecular weight is 411 g/mol. The Bertz CT molecular complexity index is 1080. The van der Waals surface area contributed by atoms with Crippen LogP contribution >= 0.6 is 23.2 Å². The predicted octanol–water partition coefficient (Wildman–Crippen LogP) is 6.03. The summed E-state index contributed by atoms with van der Waals surface area (Å²) < 4.78 is 0.194. The standard InChI is InChI=1S/C23H20Cl2N2O/c1-23(2)19(12-20(24)25)21(23)22(28)27-26-13-18-16-9-5-3-7-14(16)11-15-8-4-6-10-17(15)18/h3-13,19,21H,1-2H3,(H,27,28)/b26-13+/t19-,21+/m0/s1. The summed E-state index contributed by atoms with van der Waals surface area (Å²) in [5, 5.41) is 8.74. The first-order valence-corrected chi connectivity index (χ1v) is 9.91. The number of benzene rings is 3. The van der Waals surface area contributed by atoms with Gasteiger partial charge in [0, 0.05) is 5.56 Å². The van der Waals surface area contributed by atoms with Crippen LogP contribution in [0.2, 0.25) is 0 Å². The van der Waals surface area contributed by atoms with Crippen LogP contribution in [0.15, 0.2) is 70.3 Å². The number of carbonyl (C=O) groups excluding carboxylic acids is 1. The maximum absolute atomic E-state index is 12.6. The van der Waals surface area contributed by atoms with Gasteiger partial charge in [-0.15, -0.1) is 0 Å². The molecule has 1 aliphatic rings. The highest BCUT2D eigenvalue weighted by atomic mass is 35.5. The SMILES string of the molecule is CC1(C)[C@@H](C=C(Cl)Cl)[C@@H]1C(=O)N/N=C/c1c2ccccc2cc2ccccc12. The minimum Gasteiger partial charge on any atom is -0.273 e. The van der Waals surface area contributed by atoms with E-state index in [9.17, 15) is 4.79 Å². The van der Waals surface area contributed by atoms with Crippen LogP contribution in [0.5, 0.6) is 0 Å². The minimum absolute atomic E-state index is 0.0195. The number of rotatable bonds is 4. The molecule has 1 N–H and O–H groups in total. The van der Waals surface area contributed by atoms with E-state index in [-0.39, 0.29) is 27.6 Å². The van der Waals surface area contributed by atoms with Crippen LogP contribution in [0.25, 0.3) is 21.5 Å². The molecule has 1 amide bonds. The monoisotopic (exact) mass is 410 g/mol. The smallest absolute Gasteiger partial charge is 0.244 e. The molecule has 0 aromatic heterocycles. The van der Waals surface area contributed by atoms with E-state index in [1.54, 1.807) is 12.3 Å². The maximum Gasteiger partial charge on any atom is 0.244 e. The molecule has 0 unspecified atom stereocenters. The third-order valence-electron chi connectivity index (χ3n) is 5.68. The van der Waals surface area contributed by atoms with Crippen molar-refractivity contribution in [3.05, 3.63) is 70.7 Å². The second-order valence-corrected chi connectivity index (χ2v) is 8.76. The zero-order valence-corrected chi connectivity index (χ0v) is 17.1. The zero-order chi connectivity index (χ0) is 19.9. The Morgan fingerprint density at radius 2 is 1.61 bits per heavy atom. The lowest BCUT2D eigenvalue weighted by Gasteiger charge is -2.08. The fraction of sp³-hybridized carbons (Fsp3) is 0.217. The largest absolute Gasteiger partial charge is 0.273 e. The lowest BCUT2D eigenvalue weighted by Crippen LogP contribution is -2.22. The molecule has 3 nitrogen and oxygen atoms in total. The third kappa shape index (κ3) is 3.41. The van der Waals surface area contributed by atoms with E-state index in [2.05, 4.69) is 40.9 Å². The van der Waals surface area contributed by atoms with Crippen molar-refractivity contribution in [1.82, 2.24) is 5.43 Å². The molecule has 2 atom stereocenters. The average Bonchev–Trinajstić information content (AvgIpc) is 3.20. The topological polar surface area (TPSA) is 41.5 Å². The Morgan fingerprint density at radius 3 is 2.18 bits per heavy atom. The summed E-state index contributed by atoms with van der Waals surface area (Å²) in [7, 11) is 0. The van der Waals surface area contributed by atoms with Gasteiger partial charge >= 0.3 is 0 Å². The van der Waals surface area contributed by atoms with Gasteiger partial charge < -0.3 is 0 Å². The van der Waals surface area contributed by atoms with Crippen molar-refractivity contribution in [3.8, 4) is 0 Å². The number of hydrazone groups is 1. The number of nitrogens with one attached hydrogen (secondary N) is 1. The van der Waals surface area contributed by atoms with E-state index in [1.165, 1.54) is 0 Å². The number of halogens is 2. The lowest BCUT2D eigenvalue weighted by atomic mass is 9.97. The van der Waals surface area contributed by atoms with E-state index in [4.69, 9.17) is 23.2 Å². The summed E-state index contributed by atoms with van der Waals surface area (Å²) in [6, 6.07) is 18.5. The quantitative estimate of drug-likeness (QED) is 0.318. The van der Waals surface area contributed by atoms with E-state index in [0.717, 1.165) is 27.1 Å². The molecule has 0 heterocycles. The molecular weight excluding hydrogens is 391 g/mol. The fourth-order valence-corrected chi connectivity index (χ4v) is 4.31.